The molecule has 0 saturated heterocycles. The van der Waals surface area contributed by atoms with Crippen LogP contribution in [0.4, 0.5) is 0 Å². The molecule has 0 saturated carbocycles. The lowest BCUT2D eigenvalue weighted by molar-refractivity contribution is -0.145. The highest BCUT2D eigenvalue weighted by atomic mass is 16.5. The van der Waals surface area contributed by atoms with Gasteiger partial charge in [-0.15, -0.1) is 0 Å². The van der Waals surface area contributed by atoms with E-state index in [2.05, 4.69) is 24.3 Å². The van der Waals surface area contributed by atoms with Crippen molar-refractivity contribution in [3.63, 3.8) is 0 Å². The maximum absolute atomic E-state index is 12.7. The zero-order valence-electron chi connectivity index (χ0n) is 14.9. The van der Waals surface area contributed by atoms with Crippen molar-refractivity contribution in [1.29, 1.82) is 0 Å². The van der Waals surface area contributed by atoms with Gasteiger partial charge in [0.05, 0.1) is 12.5 Å². The summed E-state index contributed by atoms with van der Waals surface area (Å²) in [5, 5.41) is 0. The van der Waals surface area contributed by atoms with Crippen LogP contribution in [-0.4, -0.2) is 12.6 Å². The monoisotopic (exact) mass is 344 g/mol. The van der Waals surface area contributed by atoms with Gasteiger partial charge in [-0.1, -0.05) is 91.0 Å². The number of benzene rings is 3. The predicted molar refractivity (Wildman–Crippen MR) is 105 cm³/mol. The van der Waals surface area contributed by atoms with E-state index in [9.17, 15) is 4.79 Å². The van der Waals surface area contributed by atoms with Crippen molar-refractivity contribution >= 4 is 5.97 Å². The summed E-state index contributed by atoms with van der Waals surface area (Å²) in [4.78, 5) is 12.7. The largest absolute Gasteiger partial charge is 0.465 e. The van der Waals surface area contributed by atoms with Crippen LogP contribution < -0.4 is 0 Å². The molecule has 3 rings (SSSR count). The molecular formula is C24H24O2. The van der Waals surface area contributed by atoms with Crippen molar-refractivity contribution in [3.05, 3.63) is 108 Å². The number of hydrogen-bond acceptors (Lipinski definition) is 2. The third kappa shape index (κ3) is 5.32. The lowest BCUT2D eigenvalue weighted by Gasteiger charge is -2.17. The molecule has 1 atom stereocenters. The molecule has 2 heteroatoms. The fourth-order valence-electron chi connectivity index (χ4n) is 3.08. The van der Waals surface area contributed by atoms with E-state index < -0.39 is 0 Å². The topological polar surface area (TPSA) is 26.3 Å². The molecule has 0 aliphatic carbocycles. The average Bonchev–Trinajstić information content (AvgIpc) is 2.70. The minimum absolute atomic E-state index is 0.136. The first-order valence-corrected chi connectivity index (χ1v) is 9.12. The first-order valence-electron chi connectivity index (χ1n) is 9.12. The maximum atomic E-state index is 12.7. The molecule has 3 aromatic carbocycles. The van der Waals surface area contributed by atoms with Gasteiger partial charge in [0, 0.05) is 6.42 Å². The van der Waals surface area contributed by atoms with Crippen LogP contribution >= 0.6 is 0 Å². The quantitative estimate of drug-likeness (QED) is 0.526. The highest BCUT2D eigenvalue weighted by molar-refractivity contribution is 5.78. The first kappa shape index (κ1) is 17.9. The van der Waals surface area contributed by atoms with E-state index in [0.717, 1.165) is 24.8 Å². The van der Waals surface area contributed by atoms with E-state index >= 15 is 0 Å². The van der Waals surface area contributed by atoms with E-state index in [1.165, 1.54) is 11.1 Å². The Bertz CT molecular complexity index is 782. The van der Waals surface area contributed by atoms with Gasteiger partial charge >= 0.3 is 5.97 Å². The van der Waals surface area contributed by atoms with Crippen molar-refractivity contribution in [2.75, 3.05) is 6.61 Å². The summed E-state index contributed by atoms with van der Waals surface area (Å²) in [5.74, 6) is -0.366. The normalized spacial score (nSPS) is 11.7. The van der Waals surface area contributed by atoms with E-state index in [1.54, 1.807) is 0 Å². The zero-order valence-corrected chi connectivity index (χ0v) is 14.9. The van der Waals surface area contributed by atoms with Crippen LogP contribution in [0.2, 0.25) is 0 Å². The number of esters is 1. The molecule has 0 amide bonds. The number of aryl methyl sites for hydroxylation is 1. The van der Waals surface area contributed by atoms with Crippen LogP contribution in [0.3, 0.4) is 0 Å². The molecule has 0 aliphatic heterocycles. The summed E-state index contributed by atoms with van der Waals surface area (Å²) in [6.07, 6.45) is 2.35. The molecule has 1 unspecified atom stereocenters. The molecule has 3 aromatic rings. The highest BCUT2D eigenvalue weighted by Crippen LogP contribution is 2.23. The minimum atomic E-state index is -0.229. The third-order valence-corrected chi connectivity index (χ3v) is 4.53. The number of ether oxygens (including phenoxy) is 1. The number of hydrogen-bond donors (Lipinski definition) is 0. The van der Waals surface area contributed by atoms with Crippen LogP contribution in [-0.2, 0) is 22.4 Å². The number of carbonyl (C=O) groups is 1. The second kappa shape index (κ2) is 9.57. The lowest BCUT2D eigenvalue weighted by atomic mass is 9.92. The maximum Gasteiger partial charge on any atom is 0.313 e. The Balaban J connectivity index is 1.61. The molecule has 26 heavy (non-hydrogen) atoms. The zero-order chi connectivity index (χ0) is 18.0. The molecule has 0 aromatic heterocycles. The molecule has 0 aliphatic rings. The van der Waals surface area contributed by atoms with Crippen LogP contribution in [0.25, 0.3) is 0 Å². The van der Waals surface area contributed by atoms with Gasteiger partial charge in [0.1, 0.15) is 0 Å². The Morgan fingerprint density at radius 2 is 1.19 bits per heavy atom. The summed E-state index contributed by atoms with van der Waals surface area (Å²) in [7, 11) is 0. The second-order valence-corrected chi connectivity index (χ2v) is 6.39. The van der Waals surface area contributed by atoms with Gasteiger partial charge in [0.15, 0.2) is 0 Å². The van der Waals surface area contributed by atoms with Crippen molar-refractivity contribution in [3.8, 4) is 0 Å². The molecule has 2 nitrogen and oxygen atoms in total. The summed E-state index contributed by atoms with van der Waals surface area (Å²) in [5.41, 5.74) is 3.44. The van der Waals surface area contributed by atoms with Gasteiger partial charge in [-0.05, 0) is 29.5 Å². The summed E-state index contributed by atoms with van der Waals surface area (Å²) >= 11 is 0. The first-order chi connectivity index (χ1) is 12.8. The molecule has 0 fully saturated rings. The van der Waals surface area contributed by atoms with E-state index in [1.807, 2.05) is 66.7 Å². The number of carbonyl (C=O) groups excluding carboxylic acids is 1. The molecule has 0 spiro atoms. The lowest BCUT2D eigenvalue weighted by Crippen LogP contribution is -2.18. The Labute approximate surface area is 155 Å². The van der Waals surface area contributed by atoms with E-state index in [4.69, 9.17) is 4.74 Å². The molecular weight excluding hydrogens is 320 g/mol. The molecule has 0 heterocycles. The van der Waals surface area contributed by atoms with Crippen LogP contribution in [0.5, 0.6) is 0 Å². The minimum Gasteiger partial charge on any atom is -0.465 e. The fraction of sp³-hybridized carbons (Fsp3) is 0.208. The Hall–Kier alpha value is -2.87. The average molecular weight is 344 g/mol. The van der Waals surface area contributed by atoms with Crippen molar-refractivity contribution in [2.45, 2.75) is 25.2 Å². The summed E-state index contributed by atoms with van der Waals surface area (Å²) in [6.45, 7) is 0.414. The van der Waals surface area contributed by atoms with Crippen molar-refractivity contribution < 1.29 is 9.53 Å². The highest BCUT2D eigenvalue weighted by Gasteiger charge is 2.21. The van der Waals surface area contributed by atoms with E-state index in [0.29, 0.717) is 6.61 Å². The van der Waals surface area contributed by atoms with Gasteiger partial charge < -0.3 is 4.74 Å². The summed E-state index contributed by atoms with van der Waals surface area (Å²) < 4.78 is 5.61. The van der Waals surface area contributed by atoms with Crippen LogP contribution in [0, 0.1) is 0 Å². The summed E-state index contributed by atoms with van der Waals surface area (Å²) in [6, 6.07) is 30.3. The van der Waals surface area contributed by atoms with Gasteiger partial charge in [-0.25, -0.2) is 0 Å². The Morgan fingerprint density at radius 1 is 0.692 bits per heavy atom. The molecule has 0 bridgehead atoms. The Morgan fingerprint density at radius 3 is 1.77 bits per heavy atom. The smallest absolute Gasteiger partial charge is 0.313 e. The van der Waals surface area contributed by atoms with Gasteiger partial charge in [-0.3, -0.25) is 4.79 Å². The van der Waals surface area contributed by atoms with Crippen molar-refractivity contribution in [2.24, 2.45) is 0 Å². The fourth-order valence-corrected chi connectivity index (χ4v) is 3.08. The molecule has 0 N–H and O–H groups in total. The number of rotatable bonds is 8. The predicted octanol–water partition coefficient (Wildman–Crippen LogP) is 5.19. The second-order valence-electron chi connectivity index (χ2n) is 6.39. The molecule has 0 radical (unpaired) electrons. The Kier molecular flexibility index (Phi) is 6.60. The SMILES string of the molecule is O=C(OCCc1ccccc1)C(CCc1ccccc1)c1ccccc1. The third-order valence-electron chi connectivity index (χ3n) is 4.53. The standard InChI is InChI=1S/C24H24O2/c25-24(26-19-18-21-12-6-2-7-13-21)23(22-14-8-3-9-15-22)17-16-20-10-4-1-5-11-20/h1-15,23H,16-19H2. The van der Waals surface area contributed by atoms with Crippen LogP contribution in [0.15, 0.2) is 91.0 Å². The van der Waals surface area contributed by atoms with Crippen molar-refractivity contribution in [1.82, 2.24) is 0 Å². The van der Waals surface area contributed by atoms with Gasteiger partial charge in [-0.2, -0.15) is 0 Å². The van der Waals surface area contributed by atoms with E-state index in [-0.39, 0.29) is 11.9 Å². The van der Waals surface area contributed by atoms with Gasteiger partial charge in [0.25, 0.3) is 0 Å². The molecule has 132 valence electrons. The van der Waals surface area contributed by atoms with Gasteiger partial charge in [0.2, 0.25) is 0 Å². The van der Waals surface area contributed by atoms with Crippen LogP contribution in [0.1, 0.15) is 29.0 Å².